The van der Waals surface area contributed by atoms with Crippen LogP contribution in [-0.2, 0) is 4.79 Å². The van der Waals surface area contributed by atoms with Gasteiger partial charge in [0.15, 0.2) is 0 Å². The van der Waals surface area contributed by atoms with E-state index in [1.165, 1.54) is 0 Å². The van der Waals surface area contributed by atoms with E-state index < -0.39 is 5.97 Å². The number of nitrogen functional groups attached to an aromatic ring is 1. The maximum atomic E-state index is 10.6. The normalized spacial score (nSPS) is 24.5. The Balaban J connectivity index is 1.90. The Labute approximate surface area is 101 Å². The van der Waals surface area contributed by atoms with Crippen LogP contribution in [0.15, 0.2) is 18.3 Å². The van der Waals surface area contributed by atoms with Gasteiger partial charge in [-0.1, -0.05) is 0 Å². The third-order valence-corrected chi connectivity index (χ3v) is 3.54. The number of hydrogen-bond acceptors (Lipinski definition) is 3. The SMILES string of the molecule is Nc1ccc(C2CCC(CC(=O)O)CC2)nc1. The van der Waals surface area contributed by atoms with Crippen LogP contribution in [0.4, 0.5) is 5.69 Å². The van der Waals surface area contributed by atoms with Crippen molar-refractivity contribution in [1.82, 2.24) is 4.98 Å². The first kappa shape index (κ1) is 11.9. The highest BCUT2D eigenvalue weighted by Crippen LogP contribution is 2.36. The molecular weight excluding hydrogens is 216 g/mol. The van der Waals surface area contributed by atoms with Gasteiger partial charge in [-0.15, -0.1) is 0 Å². The fourth-order valence-corrected chi connectivity index (χ4v) is 2.57. The van der Waals surface area contributed by atoms with Gasteiger partial charge in [-0.05, 0) is 43.7 Å². The van der Waals surface area contributed by atoms with Crippen LogP contribution in [0, 0.1) is 5.92 Å². The molecule has 0 radical (unpaired) electrons. The molecule has 92 valence electrons. The topological polar surface area (TPSA) is 76.2 Å². The molecule has 4 heteroatoms. The number of aromatic nitrogens is 1. The van der Waals surface area contributed by atoms with Gasteiger partial charge in [0.25, 0.3) is 0 Å². The van der Waals surface area contributed by atoms with Crippen molar-refractivity contribution in [1.29, 1.82) is 0 Å². The van der Waals surface area contributed by atoms with E-state index in [1.54, 1.807) is 6.20 Å². The lowest BCUT2D eigenvalue weighted by atomic mass is 9.79. The van der Waals surface area contributed by atoms with Crippen LogP contribution in [0.5, 0.6) is 0 Å². The molecule has 3 N–H and O–H groups in total. The van der Waals surface area contributed by atoms with Gasteiger partial charge in [0.05, 0.1) is 11.9 Å². The average molecular weight is 234 g/mol. The second-order valence-electron chi connectivity index (χ2n) is 4.83. The fourth-order valence-electron chi connectivity index (χ4n) is 2.57. The van der Waals surface area contributed by atoms with E-state index >= 15 is 0 Å². The largest absolute Gasteiger partial charge is 0.481 e. The summed E-state index contributed by atoms with van der Waals surface area (Å²) in [6, 6.07) is 3.86. The second kappa shape index (κ2) is 5.17. The summed E-state index contributed by atoms with van der Waals surface area (Å²) in [4.78, 5) is 15.0. The Kier molecular flexibility index (Phi) is 3.61. The highest BCUT2D eigenvalue weighted by atomic mass is 16.4. The number of anilines is 1. The van der Waals surface area contributed by atoms with E-state index in [4.69, 9.17) is 10.8 Å². The molecule has 4 nitrogen and oxygen atoms in total. The first-order chi connectivity index (χ1) is 8.15. The number of hydrogen-bond donors (Lipinski definition) is 2. The number of rotatable bonds is 3. The number of nitrogens with zero attached hydrogens (tertiary/aromatic N) is 1. The molecule has 0 aromatic carbocycles. The summed E-state index contributed by atoms with van der Waals surface area (Å²) in [7, 11) is 0. The van der Waals surface area contributed by atoms with Crippen LogP contribution in [0.3, 0.4) is 0 Å². The highest BCUT2D eigenvalue weighted by Gasteiger charge is 2.24. The minimum Gasteiger partial charge on any atom is -0.481 e. The summed E-state index contributed by atoms with van der Waals surface area (Å²) in [6.45, 7) is 0. The Bertz CT molecular complexity index is 381. The lowest BCUT2D eigenvalue weighted by molar-refractivity contribution is -0.138. The second-order valence-corrected chi connectivity index (χ2v) is 4.83. The van der Waals surface area contributed by atoms with E-state index in [2.05, 4.69) is 4.98 Å². The number of nitrogens with two attached hydrogens (primary N) is 1. The Hall–Kier alpha value is -1.58. The average Bonchev–Trinajstić information content (AvgIpc) is 2.30. The molecule has 0 atom stereocenters. The number of aliphatic carboxylic acids is 1. The molecule has 1 heterocycles. The lowest BCUT2D eigenvalue weighted by Gasteiger charge is -2.27. The molecule has 1 fully saturated rings. The molecule has 0 bridgehead atoms. The van der Waals surface area contributed by atoms with E-state index in [0.29, 0.717) is 23.9 Å². The van der Waals surface area contributed by atoms with Gasteiger partial charge in [0, 0.05) is 18.0 Å². The fraction of sp³-hybridized carbons (Fsp3) is 0.538. The molecule has 17 heavy (non-hydrogen) atoms. The van der Waals surface area contributed by atoms with Gasteiger partial charge in [-0.2, -0.15) is 0 Å². The van der Waals surface area contributed by atoms with E-state index in [-0.39, 0.29) is 0 Å². The lowest BCUT2D eigenvalue weighted by Crippen LogP contribution is -2.16. The summed E-state index contributed by atoms with van der Waals surface area (Å²) < 4.78 is 0. The third-order valence-electron chi connectivity index (χ3n) is 3.54. The molecule has 1 aromatic rings. The predicted octanol–water partition coefficient (Wildman–Crippen LogP) is 2.41. The summed E-state index contributed by atoms with van der Waals surface area (Å²) in [5, 5.41) is 8.75. The Morgan fingerprint density at radius 3 is 2.59 bits per heavy atom. The zero-order valence-corrected chi connectivity index (χ0v) is 9.80. The maximum absolute atomic E-state index is 10.6. The van der Waals surface area contributed by atoms with Gasteiger partial charge in [0.1, 0.15) is 0 Å². The van der Waals surface area contributed by atoms with Crippen molar-refractivity contribution in [2.45, 2.75) is 38.0 Å². The monoisotopic (exact) mass is 234 g/mol. The highest BCUT2D eigenvalue weighted by molar-refractivity contribution is 5.67. The molecule has 0 amide bonds. The van der Waals surface area contributed by atoms with Crippen LogP contribution in [-0.4, -0.2) is 16.1 Å². The zero-order chi connectivity index (χ0) is 12.3. The molecular formula is C13H18N2O2. The summed E-state index contributed by atoms with van der Waals surface area (Å²) in [6.07, 6.45) is 6.05. The first-order valence-corrected chi connectivity index (χ1v) is 6.08. The van der Waals surface area contributed by atoms with Gasteiger partial charge in [0.2, 0.25) is 0 Å². The summed E-state index contributed by atoms with van der Waals surface area (Å²) in [5.74, 6) is 0.136. The number of carboxylic acids is 1. The molecule has 2 rings (SSSR count). The van der Waals surface area contributed by atoms with Crippen molar-refractivity contribution in [2.75, 3.05) is 5.73 Å². The number of carbonyl (C=O) groups is 1. The van der Waals surface area contributed by atoms with Gasteiger partial charge in [-0.25, -0.2) is 0 Å². The Morgan fingerprint density at radius 1 is 1.35 bits per heavy atom. The van der Waals surface area contributed by atoms with Gasteiger partial charge < -0.3 is 10.8 Å². The van der Waals surface area contributed by atoms with Crippen LogP contribution >= 0.6 is 0 Å². The molecule has 0 spiro atoms. The number of pyridine rings is 1. The van der Waals surface area contributed by atoms with Crippen molar-refractivity contribution < 1.29 is 9.90 Å². The quantitative estimate of drug-likeness (QED) is 0.842. The molecule has 0 unspecified atom stereocenters. The predicted molar refractivity (Wildman–Crippen MR) is 65.6 cm³/mol. The van der Waals surface area contributed by atoms with Crippen molar-refractivity contribution in [3.8, 4) is 0 Å². The maximum Gasteiger partial charge on any atom is 0.303 e. The minimum atomic E-state index is -0.681. The van der Waals surface area contributed by atoms with E-state index in [9.17, 15) is 4.79 Å². The van der Waals surface area contributed by atoms with Gasteiger partial charge in [-0.3, -0.25) is 9.78 Å². The smallest absolute Gasteiger partial charge is 0.303 e. The zero-order valence-electron chi connectivity index (χ0n) is 9.80. The summed E-state index contributed by atoms with van der Waals surface area (Å²) in [5.41, 5.74) is 7.38. The Morgan fingerprint density at radius 2 is 2.06 bits per heavy atom. The van der Waals surface area contributed by atoms with Crippen LogP contribution in [0.2, 0.25) is 0 Å². The van der Waals surface area contributed by atoms with Crippen molar-refractivity contribution >= 4 is 11.7 Å². The van der Waals surface area contributed by atoms with E-state index in [0.717, 1.165) is 31.4 Å². The standard InChI is InChI=1S/C13H18N2O2/c14-11-5-6-12(15-8-11)10-3-1-9(2-4-10)7-13(16)17/h5-6,8-10H,1-4,7,14H2,(H,16,17). The van der Waals surface area contributed by atoms with Crippen LogP contribution in [0.1, 0.15) is 43.7 Å². The third kappa shape index (κ3) is 3.19. The minimum absolute atomic E-state index is 0.307. The van der Waals surface area contributed by atoms with Crippen LogP contribution < -0.4 is 5.73 Å². The molecule has 0 saturated heterocycles. The molecule has 1 aliphatic carbocycles. The molecule has 1 aliphatic rings. The first-order valence-electron chi connectivity index (χ1n) is 6.08. The van der Waals surface area contributed by atoms with E-state index in [1.807, 2.05) is 12.1 Å². The molecule has 1 saturated carbocycles. The molecule has 1 aromatic heterocycles. The molecule has 0 aliphatic heterocycles. The van der Waals surface area contributed by atoms with Gasteiger partial charge >= 0.3 is 5.97 Å². The van der Waals surface area contributed by atoms with Crippen molar-refractivity contribution in [3.05, 3.63) is 24.0 Å². The number of carboxylic acid groups (broad SMARTS) is 1. The van der Waals surface area contributed by atoms with Crippen molar-refractivity contribution in [3.63, 3.8) is 0 Å². The van der Waals surface area contributed by atoms with Crippen LogP contribution in [0.25, 0.3) is 0 Å². The summed E-state index contributed by atoms with van der Waals surface area (Å²) >= 11 is 0. The van der Waals surface area contributed by atoms with Crippen molar-refractivity contribution in [2.24, 2.45) is 5.92 Å².